The quantitative estimate of drug-likeness (QED) is 0.663. The molecule has 16 heavy (non-hydrogen) atoms. The minimum atomic E-state index is 0.229. The summed E-state index contributed by atoms with van der Waals surface area (Å²) in [5.74, 6) is 1.61. The Morgan fingerprint density at radius 2 is 2.06 bits per heavy atom. The molecule has 2 fully saturated rings. The zero-order valence-corrected chi connectivity index (χ0v) is 11.2. The molecule has 0 N–H and O–H groups in total. The third-order valence-electron chi connectivity index (χ3n) is 5.08. The average molecular weight is 222 g/mol. The predicted molar refractivity (Wildman–Crippen MR) is 69.0 cm³/mol. The third-order valence-corrected chi connectivity index (χ3v) is 5.08. The SMILES string of the molecule is C=CC12CC(C)CCC1C(CC)N(C)N2C. The van der Waals surface area contributed by atoms with Gasteiger partial charge in [0.05, 0.1) is 5.54 Å². The molecule has 0 aromatic carbocycles. The maximum absolute atomic E-state index is 4.14. The molecule has 2 aliphatic rings. The number of hydrogen-bond donors (Lipinski definition) is 0. The van der Waals surface area contributed by atoms with Gasteiger partial charge in [-0.3, -0.25) is 0 Å². The van der Waals surface area contributed by atoms with E-state index in [9.17, 15) is 0 Å². The number of likely N-dealkylation sites (N-methyl/N-ethyl adjacent to an activating group) is 1. The topological polar surface area (TPSA) is 6.48 Å². The van der Waals surface area contributed by atoms with Gasteiger partial charge in [0.15, 0.2) is 0 Å². The van der Waals surface area contributed by atoms with Crippen molar-refractivity contribution in [2.24, 2.45) is 11.8 Å². The van der Waals surface area contributed by atoms with Crippen molar-refractivity contribution in [3.8, 4) is 0 Å². The summed E-state index contributed by atoms with van der Waals surface area (Å²) in [4.78, 5) is 0. The molecule has 0 amide bonds. The van der Waals surface area contributed by atoms with E-state index in [2.05, 4.69) is 50.6 Å². The Hall–Kier alpha value is -0.340. The molecular formula is C14H26N2. The van der Waals surface area contributed by atoms with E-state index in [0.29, 0.717) is 6.04 Å². The zero-order chi connectivity index (χ0) is 11.9. The lowest BCUT2D eigenvalue weighted by Gasteiger charge is -2.44. The fourth-order valence-electron chi connectivity index (χ4n) is 4.12. The van der Waals surface area contributed by atoms with E-state index in [1.807, 2.05) is 0 Å². The molecule has 92 valence electrons. The largest absolute Gasteiger partial charge is 0.241 e. The molecule has 1 heterocycles. The van der Waals surface area contributed by atoms with Crippen LogP contribution in [0, 0.1) is 11.8 Å². The standard InChI is InChI=1S/C14H26N2/c1-6-13-12-9-8-11(3)10-14(12,7-2)16(5)15(13)4/h7,11-13H,2,6,8-10H2,1,3-5H3. The number of fused-ring (bicyclic) bond motifs is 1. The van der Waals surface area contributed by atoms with Crippen molar-refractivity contribution in [3.63, 3.8) is 0 Å². The van der Waals surface area contributed by atoms with E-state index in [0.717, 1.165) is 11.8 Å². The van der Waals surface area contributed by atoms with Crippen LogP contribution in [0.3, 0.4) is 0 Å². The Labute approximate surface area is 100 Å². The van der Waals surface area contributed by atoms with Gasteiger partial charge >= 0.3 is 0 Å². The van der Waals surface area contributed by atoms with Gasteiger partial charge in [-0.15, -0.1) is 6.58 Å². The van der Waals surface area contributed by atoms with Crippen LogP contribution in [0.2, 0.25) is 0 Å². The van der Waals surface area contributed by atoms with Crippen molar-refractivity contribution in [2.45, 2.75) is 51.1 Å². The van der Waals surface area contributed by atoms with E-state index >= 15 is 0 Å². The smallest absolute Gasteiger partial charge is 0.0576 e. The summed E-state index contributed by atoms with van der Waals surface area (Å²) in [6.45, 7) is 8.83. The molecule has 4 atom stereocenters. The molecular weight excluding hydrogens is 196 g/mol. The second-order valence-corrected chi connectivity index (χ2v) is 5.76. The highest BCUT2D eigenvalue weighted by atomic mass is 15.7. The van der Waals surface area contributed by atoms with Crippen LogP contribution in [-0.4, -0.2) is 35.7 Å². The van der Waals surface area contributed by atoms with Gasteiger partial charge in [0, 0.05) is 20.1 Å². The Balaban J connectivity index is 2.35. The van der Waals surface area contributed by atoms with E-state index < -0.39 is 0 Å². The van der Waals surface area contributed by atoms with Crippen LogP contribution >= 0.6 is 0 Å². The van der Waals surface area contributed by atoms with E-state index in [-0.39, 0.29) is 5.54 Å². The van der Waals surface area contributed by atoms with Crippen LogP contribution in [-0.2, 0) is 0 Å². The first-order valence-electron chi connectivity index (χ1n) is 6.67. The van der Waals surface area contributed by atoms with Crippen molar-refractivity contribution in [1.82, 2.24) is 10.0 Å². The van der Waals surface area contributed by atoms with Crippen LogP contribution in [0.1, 0.15) is 39.5 Å². The number of nitrogens with zero attached hydrogens (tertiary/aromatic N) is 2. The van der Waals surface area contributed by atoms with E-state index in [4.69, 9.17) is 0 Å². The molecule has 0 aromatic rings. The van der Waals surface area contributed by atoms with Crippen LogP contribution in [0.25, 0.3) is 0 Å². The minimum absolute atomic E-state index is 0.229. The zero-order valence-electron chi connectivity index (χ0n) is 11.2. The van der Waals surface area contributed by atoms with E-state index in [1.54, 1.807) is 0 Å². The van der Waals surface area contributed by atoms with Crippen molar-refractivity contribution >= 4 is 0 Å². The highest BCUT2D eigenvalue weighted by Gasteiger charge is 2.54. The van der Waals surface area contributed by atoms with Crippen molar-refractivity contribution < 1.29 is 0 Å². The Morgan fingerprint density at radius 3 is 2.62 bits per heavy atom. The molecule has 2 rings (SSSR count). The maximum atomic E-state index is 4.14. The Bertz CT molecular complexity index is 276. The molecule has 0 radical (unpaired) electrons. The summed E-state index contributed by atoms with van der Waals surface area (Å²) in [6, 6.07) is 0.704. The van der Waals surface area contributed by atoms with Crippen LogP contribution in [0.5, 0.6) is 0 Å². The molecule has 1 aliphatic heterocycles. The predicted octanol–water partition coefficient (Wildman–Crippen LogP) is 2.92. The first-order chi connectivity index (χ1) is 7.56. The molecule has 2 heteroatoms. The highest BCUT2D eigenvalue weighted by molar-refractivity contribution is 5.15. The highest BCUT2D eigenvalue weighted by Crippen LogP contribution is 2.49. The summed E-state index contributed by atoms with van der Waals surface area (Å²) < 4.78 is 0. The minimum Gasteiger partial charge on any atom is -0.241 e. The fraction of sp³-hybridized carbons (Fsp3) is 0.857. The van der Waals surface area contributed by atoms with Gasteiger partial charge in [-0.2, -0.15) is 0 Å². The van der Waals surface area contributed by atoms with Gasteiger partial charge in [-0.25, -0.2) is 10.0 Å². The lowest BCUT2D eigenvalue weighted by Crippen LogP contribution is -2.50. The summed E-state index contributed by atoms with van der Waals surface area (Å²) >= 11 is 0. The van der Waals surface area contributed by atoms with Gasteiger partial charge in [0.2, 0.25) is 0 Å². The summed E-state index contributed by atoms with van der Waals surface area (Å²) in [5.41, 5.74) is 0.229. The first kappa shape index (κ1) is 12.1. The van der Waals surface area contributed by atoms with Gasteiger partial charge in [0.25, 0.3) is 0 Å². The molecule has 1 saturated carbocycles. The van der Waals surface area contributed by atoms with Crippen LogP contribution < -0.4 is 0 Å². The first-order valence-corrected chi connectivity index (χ1v) is 6.67. The number of hydrazine groups is 1. The normalized spacial score (nSPS) is 45.6. The van der Waals surface area contributed by atoms with Gasteiger partial charge in [-0.05, 0) is 31.1 Å². The summed E-state index contributed by atoms with van der Waals surface area (Å²) in [5, 5.41) is 4.90. The summed E-state index contributed by atoms with van der Waals surface area (Å²) in [6.07, 6.45) is 7.49. The van der Waals surface area contributed by atoms with Crippen molar-refractivity contribution in [2.75, 3.05) is 14.1 Å². The Morgan fingerprint density at radius 1 is 1.38 bits per heavy atom. The van der Waals surface area contributed by atoms with Gasteiger partial charge in [0.1, 0.15) is 0 Å². The molecule has 1 aliphatic carbocycles. The lowest BCUT2D eigenvalue weighted by molar-refractivity contribution is -0.0148. The second-order valence-electron chi connectivity index (χ2n) is 5.76. The van der Waals surface area contributed by atoms with E-state index in [1.165, 1.54) is 25.7 Å². The Kier molecular flexibility index (Phi) is 3.15. The third kappa shape index (κ3) is 1.46. The van der Waals surface area contributed by atoms with Gasteiger partial charge < -0.3 is 0 Å². The van der Waals surface area contributed by atoms with Crippen molar-refractivity contribution in [1.29, 1.82) is 0 Å². The van der Waals surface area contributed by atoms with Gasteiger partial charge in [-0.1, -0.05) is 26.3 Å². The lowest BCUT2D eigenvalue weighted by atomic mass is 9.67. The summed E-state index contributed by atoms with van der Waals surface area (Å²) in [7, 11) is 4.48. The molecule has 0 aromatic heterocycles. The average Bonchev–Trinajstić information content (AvgIpc) is 2.49. The molecule has 0 spiro atoms. The fourth-order valence-corrected chi connectivity index (χ4v) is 4.12. The maximum Gasteiger partial charge on any atom is 0.0576 e. The molecule has 2 nitrogen and oxygen atoms in total. The number of hydrogen-bond acceptors (Lipinski definition) is 2. The van der Waals surface area contributed by atoms with Crippen molar-refractivity contribution in [3.05, 3.63) is 12.7 Å². The monoisotopic (exact) mass is 222 g/mol. The van der Waals surface area contributed by atoms with Crippen LogP contribution in [0.4, 0.5) is 0 Å². The second kappa shape index (κ2) is 4.15. The molecule has 0 bridgehead atoms. The molecule has 4 unspecified atom stereocenters. The van der Waals surface area contributed by atoms with Crippen LogP contribution in [0.15, 0.2) is 12.7 Å². The number of rotatable bonds is 2. The molecule has 1 saturated heterocycles.